The van der Waals surface area contributed by atoms with Crippen molar-refractivity contribution in [2.75, 3.05) is 18.0 Å². The van der Waals surface area contributed by atoms with Gasteiger partial charge < -0.3 is 14.7 Å². The van der Waals surface area contributed by atoms with Gasteiger partial charge in [-0.15, -0.1) is 5.10 Å². The smallest absolute Gasteiger partial charge is 0.138 e. The molecule has 1 aliphatic rings. The Labute approximate surface area is 92.8 Å². The van der Waals surface area contributed by atoms with Crippen LogP contribution >= 0.6 is 11.5 Å². The summed E-state index contributed by atoms with van der Waals surface area (Å²) < 4.78 is 9.51. The molecule has 1 saturated heterocycles. The van der Waals surface area contributed by atoms with Crippen molar-refractivity contribution in [3.63, 3.8) is 0 Å². The SMILES string of the molecule is C[C@H]1CN(c2snnc2CO)C[C@H](C)O1. The lowest BCUT2D eigenvalue weighted by molar-refractivity contribution is -0.00511. The zero-order valence-corrected chi connectivity index (χ0v) is 9.70. The molecule has 84 valence electrons. The number of aromatic nitrogens is 2. The van der Waals surface area contributed by atoms with Crippen LogP contribution in [0.25, 0.3) is 0 Å². The topological polar surface area (TPSA) is 58.5 Å². The van der Waals surface area contributed by atoms with E-state index in [1.807, 2.05) is 0 Å². The van der Waals surface area contributed by atoms with Crippen LogP contribution in [0.2, 0.25) is 0 Å². The van der Waals surface area contributed by atoms with Crippen molar-refractivity contribution in [2.24, 2.45) is 0 Å². The predicted octanol–water partition coefficient (Wildman–Crippen LogP) is 0.644. The number of ether oxygens (including phenoxy) is 1. The van der Waals surface area contributed by atoms with Gasteiger partial charge in [-0.2, -0.15) is 0 Å². The molecular weight excluding hydrogens is 214 g/mol. The van der Waals surface area contributed by atoms with E-state index in [0.29, 0.717) is 5.69 Å². The van der Waals surface area contributed by atoms with Gasteiger partial charge in [0.05, 0.1) is 18.8 Å². The summed E-state index contributed by atoms with van der Waals surface area (Å²) in [5.41, 5.74) is 0.668. The summed E-state index contributed by atoms with van der Waals surface area (Å²) in [5.74, 6) is 0. The van der Waals surface area contributed by atoms with E-state index in [-0.39, 0.29) is 18.8 Å². The molecule has 0 amide bonds. The zero-order chi connectivity index (χ0) is 10.8. The number of aliphatic hydroxyl groups is 1. The minimum absolute atomic E-state index is 0.0497. The summed E-state index contributed by atoms with van der Waals surface area (Å²) in [6, 6.07) is 0. The van der Waals surface area contributed by atoms with Crippen LogP contribution in [0.1, 0.15) is 19.5 Å². The first kappa shape index (κ1) is 10.8. The highest BCUT2D eigenvalue weighted by Gasteiger charge is 2.25. The minimum Gasteiger partial charge on any atom is -0.390 e. The highest BCUT2D eigenvalue weighted by Crippen LogP contribution is 2.26. The van der Waals surface area contributed by atoms with Crippen molar-refractivity contribution in [3.8, 4) is 0 Å². The lowest BCUT2D eigenvalue weighted by Gasteiger charge is -2.35. The molecule has 0 saturated carbocycles. The molecule has 2 rings (SSSR count). The van der Waals surface area contributed by atoms with Gasteiger partial charge in [-0.3, -0.25) is 0 Å². The third-order valence-corrected chi connectivity index (χ3v) is 3.22. The average Bonchev–Trinajstić information content (AvgIpc) is 2.63. The van der Waals surface area contributed by atoms with Crippen LogP contribution in [0, 0.1) is 0 Å². The second kappa shape index (κ2) is 4.42. The first-order chi connectivity index (χ1) is 7.20. The van der Waals surface area contributed by atoms with Crippen LogP contribution in [0.5, 0.6) is 0 Å². The monoisotopic (exact) mass is 229 g/mol. The predicted molar refractivity (Wildman–Crippen MR) is 58.1 cm³/mol. The molecule has 0 aliphatic carbocycles. The van der Waals surface area contributed by atoms with Gasteiger partial charge in [0.1, 0.15) is 10.7 Å². The first-order valence-corrected chi connectivity index (χ1v) is 5.80. The maximum atomic E-state index is 9.12. The number of hydrogen-bond acceptors (Lipinski definition) is 6. The summed E-state index contributed by atoms with van der Waals surface area (Å²) in [6.45, 7) is 5.72. The van der Waals surface area contributed by atoms with Crippen LogP contribution in [0.15, 0.2) is 0 Å². The average molecular weight is 229 g/mol. The standard InChI is InChI=1S/C9H15N3O2S/c1-6-3-12(4-7(2)14-6)9-8(5-13)10-11-15-9/h6-7,13H,3-5H2,1-2H3/t6-,7-/m0/s1. The fraction of sp³-hybridized carbons (Fsp3) is 0.778. The largest absolute Gasteiger partial charge is 0.390 e. The second-order valence-corrected chi connectivity index (χ2v) is 4.58. The molecule has 0 radical (unpaired) electrons. The second-order valence-electron chi connectivity index (χ2n) is 3.85. The molecule has 1 N–H and O–H groups in total. The summed E-state index contributed by atoms with van der Waals surface area (Å²) in [5, 5.41) is 14.0. The van der Waals surface area contributed by atoms with Crippen LogP contribution < -0.4 is 4.90 Å². The molecule has 6 heteroatoms. The minimum atomic E-state index is -0.0497. The van der Waals surface area contributed by atoms with E-state index >= 15 is 0 Å². The van der Waals surface area contributed by atoms with Gasteiger partial charge in [0.25, 0.3) is 0 Å². The van der Waals surface area contributed by atoms with Gasteiger partial charge in [0.2, 0.25) is 0 Å². The molecule has 2 heterocycles. The van der Waals surface area contributed by atoms with Crippen LogP contribution in [-0.4, -0.2) is 40.0 Å². The van der Waals surface area contributed by atoms with E-state index in [0.717, 1.165) is 18.1 Å². The molecule has 5 nitrogen and oxygen atoms in total. The Morgan fingerprint density at radius 1 is 1.47 bits per heavy atom. The molecule has 0 spiro atoms. The van der Waals surface area contributed by atoms with Crippen LogP contribution in [0.4, 0.5) is 5.00 Å². The van der Waals surface area contributed by atoms with E-state index in [9.17, 15) is 0 Å². The normalized spacial score (nSPS) is 27.0. The Bertz CT molecular complexity index is 321. The van der Waals surface area contributed by atoms with Gasteiger partial charge >= 0.3 is 0 Å². The van der Waals surface area contributed by atoms with Gasteiger partial charge in [0, 0.05) is 24.6 Å². The van der Waals surface area contributed by atoms with Crippen molar-refractivity contribution in [3.05, 3.63) is 5.69 Å². The third kappa shape index (κ3) is 2.27. The number of aliphatic hydroxyl groups excluding tert-OH is 1. The summed E-state index contributed by atoms with van der Waals surface area (Å²) in [6.07, 6.45) is 0.421. The lowest BCUT2D eigenvalue weighted by Crippen LogP contribution is -2.45. The summed E-state index contributed by atoms with van der Waals surface area (Å²) in [4.78, 5) is 2.19. The molecular formula is C9H15N3O2S. The Balaban J connectivity index is 2.16. The number of rotatable bonds is 2. The maximum absolute atomic E-state index is 9.12. The fourth-order valence-electron chi connectivity index (χ4n) is 1.89. The maximum Gasteiger partial charge on any atom is 0.138 e. The molecule has 15 heavy (non-hydrogen) atoms. The number of morpholine rings is 1. The Morgan fingerprint density at radius 2 is 2.13 bits per heavy atom. The van der Waals surface area contributed by atoms with E-state index in [4.69, 9.17) is 9.84 Å². The number of nitrogens with zero attached hydrogens (tertiary/aromatic N) is 3. The van der Waals surface area contributed by atoms with E-state index in [1.165, 1.54) is 11.5 Å². The molecule has 1 aliphatic heterocycles. The fourth-order valence-corrected chi connectivity index (χ4v) is 2.58. The van der Waals surface area contributed by atoms with E-state index in [2.05, 4.69) is 28.3 Å². The van der Waals surface area contributed by atoms with Gasteiger partial charge in [0.15, 0.2) is 0 Å². The molecule has 2 atom stereocenters. The quantitative estimate of drug-likeness (QED) is 0.806. The van der Waals surface area contributed by atoms with Gasteiger partial charge in [-0.05, 0) is 13.8 Å². The molecule has 0 bridgehead atoms. The van der Waals surface area contributed by atoms with Crippen LogP contribution in [-0.2, 0) is 11.3 Å². The number of anilines is 1. The molecule has 1 aromatic heterocycles. The highest BCUT2D eigenvalue weighted by atomic mass is 32.1. The lowest BCUT2D eigenvalue weighted by atomic mass is 10.2. The van der Waals surface area contributed by atoms with Crippen molar-refractivity contribution in [2.45, 2.75) is 32.7 Å². The van der Waals surface area contributed by atoms with Crippen molar-refractivity contribution in [1.82, 2.24) is 9.59 Å². The molecule has 0 aromatic carbocycles. The third-order valence-electron chi connectivity index (χ3n) is 2.39. The van der Waals surface area contributed by atoms with Crippen molar-refractivity contribution < 1.29 is 9.84 Å². The molecule has 1 aromatic rings. The Kier molecular flexibility index (Phi) is 3.18. The Morgan fingerprint density at radius 3 is 2.73 bits per heavy atom. The van der Waals surface area contributed by atoms with Gasteiger partial charge in [-0.1, -0.05) is 4.49 Å². The first-order valence-electron chi connectivity index (χ1n) is 5.03. The number of hydrogen-bond donors (Lipinski definition) is 1. The van der Waals surface area contributed by atoms with E-state index in [1.54, 1.807) is 0 Å². The Hall–Kier alpha value is -0.720. The zero-order valence-electron chi connectivity index (χ0n) is 8.88. The van der Waals surface area contributed by atoms with Gasteiger partial charge in [-0.25, -0.2) is 0 Å². The molecule has 1 fully saturated rings. The van der Waals surface area contributed by atoms with Crippen LogP contribution in [0.3, 0.4) is 0 Å². The van der Waals surface area contributed by atoms with E-state index < -0.39 is 0 Å². The highest BCUT2D eigenvalue weighted by molar-refractivity contribution is 7.10. The molecule has 0 unspecified atom stereocenters. The summed E-state index contributed by atoms with van der Waals surface area (Å²) >= 11 is 1.33. The summed E-state index contributed by atoms with van der Waals surface area (Å²) in [7, 11) is 0. The van der Waals surface area contributed by atoms with Crippen molar-refractivity contribution >= 4 is 16.5 Å². The van der Waals surface area contributed by atoms with Crippen molar-refractivity contribution in [1.29, 1.82) is 0 Å².